The number of aryl methyl sites for hydroxylation is 2. The molecule has 0 radical (unpaired) electrons. The average molecular weight is 525 g/mol. The predicted octanol–water partition coefficient (Wildman–Crippen LogP) is 7.53. The molecule has 1 aliphatic rings. The van der Waals surface area contributed by atoms with Gasteiger partial charge < -0.3 is 14.0 Å². The van der Waals surface area contributed by atoms with Gasteiger partial charge in [-0.3, -0.25) is 10.1 Å². The van der Waals surface area contributed by atoms with Crippen molar-refractivity contribution in [2.24, 2.45) is 0 Å². The van der Waals surface area contributed by atoms with Gasteiger partial charge in [-0.25, -0.2) is 4.79 Å². The van der Waals surface area contributed by atoms with Crippen LogP contribution in [0.4, 0.5) is 10.5 Å². The van der Waals surface area contributed by atoms with Crippen LogP contribution in [-0.2, 0) is 19.7 Å². The van der Waals surface area contributed by atoms with Gasteiger partial charge in [-0.1, -0.05) is 83.5 Å². The van der Waals surface area contributed by atoms with E-state index in [1.165, 1.54) is 0 Å². The van der Waals surface area contributed by atoms with Crippen LogP contribution in [0.25, 0.3) is 22.5 Å². The maximum absolute atomic E-state index is 12.7. The van der Waals surface area contributed by atoms with Gasteiger partial charge in [0.2, 0.25) is 0 Å². The molecular formula is C32H32N2O5. The largest absolute Gasteiger partial charge is 0.465 e. The average Bonchev–Trinajstić information content (AvgIpc) is 3.68. The van der Waals surface area contributed by atoms with Gasteiger partial charge in [-0.05, 0) is 62.8 Å². The van der Waals surface area contributed by atoms with E-state index in [1.54, 1.807) is 6.92 Å². The van der Waals surface area contributed by atoms with Crippen molar-refractivity contribution in [1.82, 2.24) is 5.16 Å². The summed E-state index contributed by atoms with van der Waals surface area (Å²) in [6, 6.07) is 23.8. The number of esters is 1. The highest BCUT2D eigenvalue weighted by Crippen LogP contribution is 2.49. The lowest BCUT2D eigenvalue weighted by Crippen LogP contribution is -2.23. The lowest BCUT2D eigenvalue weighted by molar-refractivity contribution is -0.146. The Hall–Kier alpha value is -4.39. The normalized spacial score (nSPS) is 14.4. The van der Waals surface area contributed by atoms with Crippen molar-refractivity contribution in [2.75, 3.05) is 11.9 Å². The highest BCUT2D eigenvalue weighted by Gasteiger charge is 2.52. The van der Waals surface area contributed by atoms with E-state index >= 15 is 0 Å². The topological polar surface area (TPSA) is 90.7 Å². The monoisotopic (exact) mass is 524 g/mol. The van der Waals surface area contributed by atoms with Gasteiger partial charge >= 0.3 is 12.1 Å². The number of nitrogens with one attached hydrogen (secondary N) is 1. The third-order valence-corrected chi connectivity index (χ3v) is 7.22. The van der Waals surface area contributed by atoms with E-state index in [1.807, 2.05) is 93.6 Å². The van der Waals surface area contributed by atoms with Gasteiger partial charge in [0.1, 0.15) is 17.5 Å². The Kier molecular flexibility index (Phi) is 7.24. The minimum Gasteiger partial charge on any atom is -0.465 e. The molecule has 7 nitrogen and oxygen atoms in total. The fourth-order valence-corrected chi connectivity index (χ4v) is 4.80. The first-order valence-electron chi connectivity index (χ1n) is 13.2. The Bertz CT molecular complexity index is 1480. The summed E-state index contributed by atoms with van der Waals surface area (Å²) >= 11 is 0. The van der Waals surface area contributed by atoms with Gasteiger partial charge in [0, 0.05) is 5.56 Å². The van der Waals surface area contributed by atoms with Crippen molar-refractivity contribution in [2.45, 2.75) is 52.1 Å². The molecule has 1 atom stereocenters. The molecule has 1 aromatic heterocycles. The van der Waals surface area contributed by atoms with Crippen LogP contribution in [0.5, 0.6) is 0 Å². The zero-order chi connectivity index (χ0) is 27.6. The summed E-state index contributed by atoms with van der Waals surface area (Å²) in [5.41, 5.74) is 6.39. The SMILES string of the molecule is CCOC(=O)C1(c2ccc(-c3ccc(-c4onc(C)c4NC(=O)OC(C)c4cccc(C)c4)cc3)cc2)CC1. The Morgan fingerprint density at radius 3 is 2.23 bits per heavy atom. The maximum atomic E-state index is 12.7. The molecule has 7 heteroatoms. The molecule has 0 spiro atoms. The summed E-state index contributed by atoms with van der Waals surface area (Å²) in [7, 11) is 0. The molecule has 1 aliphatic carbocycles. The lowest BCUT2D eigenvalue weighted by Gasteiger charge is -2.15. The number of amides is 1. The molecule has 39 heavy (non-hydrogen) atoms. The van der Waals surface area contributed by atoms with Crippen LogP contribution in [0.15, 0.2) is 77.3 Å². The summed E-state index contributed by atoms with van der Waals surface area (Å²) in [5, 5.41) is 6.87. The van der Waals surface area contributed by atoms with Gasteiger partial charge in [0.15, 0.2) is 5.76 Å². The van der Waals surface area contributed by atoms with Crippen LogP contribution in [0.1, 0.15) is 55.2 Å². The van der Waals surface area contributed by atoms with Crippen molar-refractivity contribution in [3.8, 4) is 22.5 Å². The van der Waals surface area contributed by atoms with E-state index in [0.29, 0.717) is 23.7 Å². The smallest absolute Gasteiger partial charge is 0.412 e. The van der Waals surface area contributed by atoms with Crippen LogP contribution in [0.2, 0.25) is 0 Å². The minimum atomic E-state index is -0.579. The molecule has 0 saturated heterocycles. The highest BCUT2D eigenvalue weighted by atomic mass is 16.6. The number of aromatic nitrogens is 1. The van der Waals surface area contributed by atoms with E-state index in [2.05, 4.69) is 10.5 Å². The molecule has 0 aliphatic heterocycles. The first kappa shape index (κ1) is 26.2. The Morgan fingerprint density at radius 2 is 1.62 bits per heavy atom. The minimum absolute atomic E-state index is 0.137. The van der Waals surface area contributed by atoms with E-state index in [-0.39, 0.29) is 5.97 Å². The molecule has 1 amide bonds. The van der Waals surface area contributed by atoms with Crippen molar-refractivity contribution in [1.29, 1.82) is 0 Å². The predicted molar refractivity (Wildman–Crippen MR) is 149 cm³/mol. The first-order chi connectivity index (χ1) is 18.8. The standard InChI is InChI=1S/C32H32N2O5/c1-5-37-30(35)32(17-18-32)27-15-13-24(14-16-27)23-9-11-25(12-10-23)29-28(21(3)34-39-29)33-31(36)38-22(4)26-8-6-7-20(2)19-26/h6-16,19,22H,5,17-18H2,1-4H3,(H,33,36). The van der Waals surface area contributed by atoms with Crippen LogP contribution < -0.4 is 5.32 Å². The number of nitrogens with zero attached hydrogens (tertiary/aromatic N) is 1. The number of anilines is 1. The third-order valence-electron chi connectivity index (χ3n) is 7.22. The van der Waals surface area contributed by atoms with Crippen LogP contribution in [0.3, 0.4) is 0 Å². The van der Waals surface area contributed by atoms with Crippen LogP contribution in [-0.4, -0.2) is 23.8 Å². The summed E-state index contributed by atoms with van der Waals surface area (Å²) in [6.45, 7) is 7.83. The number of benzene rings is 3. The van der Waals surface area contributed by atoms with Crippen molar-refractivity contribution in [3.63, 3.8) is 0 Å². The summed E-state index contributed by atoms with van der Waals surface area (Å²) in [6.07, 6.45) is 0.659. The van der Waals surface area contributed by atoms with Crippen LogP contribution in [0, 0.1) is 13.8 Å². The first-order valence-corrected chi connectivity index (χ1v) is 13.2. The third kappa shape index (κ3) is 5.43. The second-order valence-corrected chi connectivity index (χ2v) is 10.0. The molecule has 1 N–H and O–H groups in total. The molecule has 200 valence electrons. The van der Waals surface area contributed by atoms with Gasteiger partial charge in [0.05, 0.1) is 12.0 Å². The number of rotatable bonds is 8. The van der Waals surface area contributed by atoms with Crippen molar-refractivity contribution in [3.05, 3.63) is 95.2 Å². The molecule has 0 bridgehead atoms. The number of ether oxygens (including phenoxy) is 2. The second-order valence-electron chi connectivity index (χ2n) is 10.0. The fourth-order valence-electron chi connectivity index (χ4n) is 4.80. The summed E-state index contributed by atoms with van der Waals surface area (Å²) in [4.78, 5) is 25.1. The summed E-state index contributed by atoms with van der Waals surface area (Å²) in [5.74, 6) is 0.321. The molecule has 1 saturated carbocycles. The number of hydrogen-bond acceptors (Lipinski definition) is 6. The van der Waals surface area contributed by atoms with E-state index in [0.717, 1.165) is 46.2 Å². The Balaban J connectivity index is 1.28. The fraction of sp³-hybridized carbons (Fsp3) is 0.281. The zero-order valence-corrected chi connectivity index (χ0v) is 22.6. The second kappa shape index (κ2) is 10.8. The quantitative estimate of drug-likeness (QED) is 0.240. The molecule has 1 unspecified atom stereocenters. The Labute approximate surface area is 228 Å². The maximum Gasteiger partial charge on any atom is 0.412 e. The van der Waals surface area contributed by atoms with Crippen LogP contribution >= 0.6 is 0 Å². The van der Waals surface area contributed by atoms with E-state index in [4.69, 9.17) is 14.0 Å². The molecule has 4 aromatic rings. The number of hydrogen-bond donors (Lipinski definition) is 1. The lowest BCUT2D eigenvalue weighted by atomic mass is 9.93. The summed E-state index contributed by atoms with van der Waals surface area (Å²) < 4.78 is 16.5. The molecule has 3 aromatic carbocycles. The molecule has 5 rings (SSSR count). The zero-order valence-electron chi connectivity index (χ0n) is 22.6. The number of carbonyl (C=O) groups is 2. The van der Waals surface area contributed by atoms with Crippen molar-refractivity contribution < 1.29 is 23.6 Å². The van der Waals surface area contributed by atoms with E-state index < -0.39 is 17.6 Å². The van der Waals surface area contributed by atoms with Crippen molar-refractivity contribution >= 4 is 17.7 Å². The molecule has 1 fully saturated rings. The molecular weight excluding hydrogens is 492 g/mol. The van der Waals surface area contributed by atoms with Gasteiger partial charge in [0.25, 0.3) is 0 Å². The Morgan fingerprint density at radius 1 is 0.974 bits per heavy atom. The highest BCUT2D eigenvalue weighted by molar-refractivity contribution is 5.91. The van der Waals surface area contributed by atoms with Gasteiger partial charge in [-0.2, -0.15) is 0 Å². The molecule has 1 heterocycles. The van der Waals surface area contributed by atoms with Gasteiger partial charge in [-0.15, -0.1) is 0 Å². The van der Waals surface area contributed by atoms with E-state index in [9.17, 15) is 9.59 Å². The number of carbonyl (C=O) groups excluding carboxylic acids is 2.